The smallest absolute Gasteiger partial charge is 0.226 e. The number of quaternary nitrogens is 1. The monoisotopic (exact) mass is 396 g/mol. The van der Waals surface area contributed by atoms with E-state index < -0.39 is 0 Å². The van der Waals surface area contributed by atoms with Gasteiger partial charge in [0.15, 0.2) is 0 Å². The van der Waals surface area contributed by atoms with Crippen LogP contribution < -0.4 is 4.48 Å². The molecule has 1 aromatic rings. The average Bonchev–Trinajstić information content (AvgIpc) is 3.07. The van der Waals surface area contributed by atoms with Gasteiger partial charge in [0.05, 0.1) is 7.05 Å². The van der Waals surface area contributed by atoms with Crippen LogP contribution in [0.4, 0.5) is 10.1 Å². The van der Waals surface area contributed by atoms with Gasteiger partial charge in [-0.15, -0.1) is 0 Å². The number of halogens is 1. The fourth-order valence-corrected chi connectivity index (χ4v) is 8.40. The molecule has 0 N–H and O–H groups in total. The Morgan fingerprint density at radius 3 is 2.62 bits per heavy atom. The molecule has 1 heterocycles. The molecule has 7 atom stereocenters. The summed E-state index contributed by atoms with van der Waals surface area (Å²) < 4.78 is 14.1. The van der Waals surface area contributed by atoms with E-state index in [1.807, 2.05) is 19.1 Å². The van der Waals surface area contributed by atoms with Crippen molar-refractivity contribution in [1.82, 2.24) is 4.48 Å². The second-order valence-corrected chi connectivity index (χ2v) is 11.1. The van der Waals surface area contributed by atoms with Crippen LogP contribution in [0.1, 0.15) is 64.4 Å². The van der Waals surface area contributed by atoms with E-state index in [-0.39, 0.29) is 23.2 Å². The predicted octanol–water partition coefficient (Wildman–Crippen LogP) is 6.17. The number of likely N-dealkylation sites (N-methyl/N-ethyl adjacent to an activating group) is 1. The third-order valence-corrected chi connectivity index (χ3v) is 9.83. The minimum absolute atomic E-state index is 0.0241. The van der Waals surface area contributed by atoms with E-state index in [4.69, 9.17) is 0 Å². The summed E-state index contributed by atoms with van der Waals surface area (Å²) in [4.78, 5) is 13.3. The first-order valence-electron chi connectivity index (χ1n) is 11.6. The zero-order chi connectivity index (χ0) is 20.6. The lowest BCUT2D eigenvalue weighted by molar-refractivity contribution is -0.136. The number of carbonyl (C=O) groups excluding carboxylic acids is 1. The molecule has 2 nitrogen and oxygen atoms in total. The summed E-state index contributed by atoms with van der Waals surface area (Å²) in [6.45, 7) is 6.91. The molecule has 1 aromatic carbocycles. The summed E-state index contributed by atoms with van der Waals surface area (Å²) in [6, 6.07) is 5.18. The minimum Gasteiger partial charge on any atom is -0.226 e. The van der Waals surface area contributed by atoms with Crippen molar-refractivity contribution < 1.29 is 9.18 Å². The van der Waals surface area contributed by atoms with Gasteiger partial charge in [0.1, 0.15) is 17.5 Å². The maximum absolute atomic E-state index is 13.8. The topological polar surface area (TPSA) is 17.1 Å². The zero-order valence-corrected chi connectivity index (χ0v) is 18.4. The number of amides is 1. The first-order valence-corrected chi connectivity index (χ1v) is 11.6. The molecule has 0 aromatic heterocycles. The second kappa shape index (κ2) is 6.26. The third-order valence-electron chi connectivity index (χ3n) is 9.83. The lowest BCUT2D eigenvalue weighted by atomic mass is 9.48. The van der Waals surface area contributed by atoms with Gasteiger partial charge in [-0.3, -0.25) is 0 Å². The first-order chi connectivity index (χ1) is 13.7. The summed E-state index contributed by atoms with van der Waals surface area (Å²) >= 11 is 0. The van der Waals surface area contributed by atoms with E-state index in [1.54, 1.807) is 6.07 Å². The highest BCUT2D eigenvalue weighted by atomic mass is 19.1. The molecule has 1 aliphatic heterocycles. The molecule has 29 heavy (non-hydrogen) atoms. The van der Waals surface area contributed by atoms with E-state index >= 15 is 0 Å². The fraction of sp³-hybridized carbons (Fsp3) is 0.654. The Morgan fingerprint density at radius 1 is 1.07 bits per heavy atom. The Bertz CT molecular complexity index is 893. The maximum atomic E-state index is 13.8. The van der Waals surface area contributed by atoms with E-state index in [9.17, 15) is 9.18 Å². The maximum Gasteiger partial charge on any atom is 0.343 e. The van der Waals surface area contributed by atoms with Crippen molar-refractivity contribution in [2.24, 2.45) is 28.6 Å². The number of nitrogens with zero attached hydrogens (tertiary/aromatic N) is 1. The Hall–Kier alpha value is -1.48. The van der Waals surface area contributed by atoms with Crippen LogP contribution in [0.3, 0.4) is 0 Å². The van der Waals surface area contributed by atoms with Crippen molar-refractivity contribution in [2.45, 2.75) is 71.8 Å². The minimum atomic E-state index is -0.225. The van der Waals surface area contributed by atoms with E-state index in [0.717, 1.165) is 29.5 Å². The summed E-state index contributed by atoms with van der Waals surface area (Å²) in [5.41, 5.74) is 2.42. The van der Waals surface area contributed by atoms with Gasteiger partial charge in [0.2, 0.25) is 0 Å². The van der Waals surface area contributed by atoms with Crippen molar-refractivity contribution in [3.63, 3.8) is 0 Å². The largest absolute Gasteiger partial charge is 0.343 e. The second-order valence-electron chi connectivity index (χ2n) is 11.1. The molecular weight excluding hydrogens is 361 g/mol. The molecular formula is C26H35FNO+. The number of carbonyl (C=O) groups is 1. The quantitative estimate of drug-likeness (QED) is 0.519. The molecule has 0 spiro atoms. The molecule has 0 radical (unpaired) electrons. The van der Waals surface area contributed by atoms with E-state index in [1.165, 1.54) is 44.6 Å². The number of hydrogen-bond acceptors (Lipinski definition) is 1. The van der Waals surface area contributed by atoms with Crippen molar-refractivity contribution in [1.29, 1.82) is 0 Å². The third kappa shape index (κ3) is 2.52. The highest BCUT2D eigenvalue weighted by molar-refractivity contribution is 5.99. The number of aryl methyl sites for hydroxylation is 1. The predicted molar refractivity (Wildman–Crippen MR) is 116 cm³/mol. The van der Waals surface area contributed by atoms with Gasteiger partial charge < -0.3 is 0 Å². The Labute approximate surface area is 174 Å². The van der Waals surface area contributed by atoms with Crippen LogP contribution in [0.15, 0.2) is 30.4 Å². The van der Waals surface area contributed by atoms with Gasteiger partial charge in [0, 0.05) is 29.5 Å². The fourth-order valence-electron chi connectivity index (χ4n) is 8.40. The van der Waals surface area contributed by atoms with Gasteiger partial charge in [-0.25, -0.2) is 13.7 Å². The van der Waals surface area contributed by atoms with E-state index in [2.05, 4.69) is 27.0 Å². The molecule has 4 aliphatic rings. The highest BCUT2D eigenvalue weighted by Crippen LogP contribution is 2.64. The first kappa shape index (κ1) is 19.5. The Morgan fingerprint density at radius 2 is 1.86 bits per heavy atom. The molecule has 3 saturated carbocycles. The highest BCUT2D eigenvalue weighted by Gasteiger charge is 2.63. The van der Waals surface area contributed by atoms with Crippen LogP contribution in [0.2, 0.25) is 0 Å². The molecule has 3 aliphatic carbocycles. The summed E-state index contributed by atoms with van der Waals surface area (Å²) in [6.07, 6.45) is 13.2. The van der Waals surface area contributed by atoms with Crippen LogP contribution in [-0.2, 0) is 4.79 Å². The number of benzene rings is 1. The standard InChI is InChI=1S/C26H35FNO/c1-17-16-18(27)7-9-22(17)28(4)23-10-8-19-20-6-5-13-25(20,2)14-11-21(19)26(23,3)15-12-24(28)29/h7,9,12,15-16,19-21,23H,5-6,8,10-11,13-14H2,1-4H3/q+1/t19-,20-,21-,23+,25-,26+,28?/m0/s1. The van der Waals surface area contributed by atoms with Crippen molar-refractivity contribution in [2.75, 3.05) is 7.05 Å². The normalized spacial score (nSPS) is 46.2. The molecule has 0 saturated heterocycles. The summed E-state index contributed by atoms with van der Waals surface area (Å²) in [5.74, 6) is 2.22. The lowest BCUT2D eigenvalue weighted by Gasteiger charge is -2.60. The van der Waals surface area contributed by atoms with Crippen LogP contribution in [-0.4, -0.2) is 19.0 Å². The van der Waals surface area contributed by atoms with Gasteiger partial charge in [-0.1, -0.05) is 26.3 Å². The molecule has 156 valence electrons. The van der Waals surface area contributed by atoms with Crippen LogP contribution >= 0.6 is 0 Å². The molecule has 3 heteroatoms. The Kier molecular flexibility index (Phi) is 4.21. The molecule has 1 amide bonds. The summed E-state index contributed by atoms with van der Waals surface area (Å²) in [7, 11) is 2.08. The van der Waals surface area contributed by atoms with Crippen LogP contribution in [0.25, 0.3) is 0 Å². The number of rotatable bonds is 1. The Balaban J connectivity index is 1.58. The molecule has 0 bridgehead atoms. The average molecular weight is 397 g/mol. The zero-order valence-electron chi connectivity index (χ0n) is 18.4. The lowest BCUT2D eigenvalue weighted by Crippen LogP contribution is -2.69. The van der Waals surface area contributed by atoms with Gasteiger partial charge in [-0.05, 0) is 74.3 Å². The van der Waals surface area contributed by atoms with Gasteiger partial charge >= 0.3 is 5.91 Å². The van der Waals surface area contributed by atoms with Crippen LogP contribution in [0, 0.1) is 41.3 Å². The van der Waals surface area contributed by atoms with Crippen molar-refractivity contribution >= 4 is 11.6 Å². The van der Waals surface area contributed by atoms with Gasteiger partial charge in [0.25, 0.3) is 0 Å². The molecule has 5 rings (SSSR count). The SMILES string of the molecule is Cc1cc(F)ccc1[N+]1(C)C(=O)C=C[C@@]2(C)[C@H]1CC[C@H]1[C@@H]3CCC[C@@]3(C)CC[C@@H]12. The van der Waals surface area contributed by atoms with Crippen LogP contribution in [0.5, 0.6) is 0 Å². The van der Waals surface area contributed by atoms with E-state index in [0.29, 0.717) is 15.8 Å². The number of fused-ring (bicyclic) bond motifs is 5. The number of hydrogen-bond donors (Lipinski definition) is 0. The summed E-state index contributed by atoms with van der Waals surface area (Å²) in [5, 5.41) is 0. The molecule has 3 fully saturated rings. The van der Waals surface area contributed by atoms with Crippen molar-refractivity contribution in [3.8, 4) is 0 Å². The van der Waals surface area contributed by atoms with Gasteiger partial charge in [-0.2, -0.15) is 0 Å². The molecule has 1 unspecified atom stereocenters. The van der Waals surface area contributed by atoms with Crippen molar-refractivity contribution in [3.05, 3.63) is 41.7 Å².